The summed E-state index contributed by atoms with van der Waals surface area (Å²) in [5, 5.41) is 8.51. The standard InChI is InChI=1S/C7H4NO2P/c8-5-6-3-1-2-4-7(6)10-11-9/h1-4H. The zero-order chi connectivity index (χ0) is 8.10. The first-order valence-electron chi connectivity index (χ1n) is 2.87. The Morgan fingerprint density at radius 3 is 2.82 bits per heavy atom. The lowest BCUT2D eigenvalue weighted by molar-refractivity contribution is 0.524. The van der Waals surface area contributed by atoms with Gasteiger partial charge in [0.15, 0.2) is 5.75 Å². The molecule has 1 aromatic rings. The van der Waals surface area contributed by atoms with Gasteiger partial charge in [0.1, 0.15) is 6.07 Å². The summed E-state index contributed by atoms with van der Waals surface area (Å²) in [4.78, 5) is 0. The number of hydrogen-bond donors (Lipinski definition) is 0. The van der Waals surface area contributed by atoms with Crippen molar-refractivity contribution in [1.29, 1.82) is 5.26 Å². The fourth-order valence-electron chi connectivity index (χ4n) is 0.679. The van der Waals surface area contributed by atoms with Crippen LogP contribution in [0.3, 0.4) is 0 Å². The molecule has 1 rings (SSSR count). The van der Waals surface area contributed by atoms with E-state index in [1.165, 1.54) is 0 Å². The normalized spacial score (nSPS) is 9.00. The van der Waals surface area contributed by atoms with Crippen LogP contribution in [0.25, 0.3) is 0 Å². The zero-order valence-electron chi connectivity index (χ0n) is 5.52. The van der Waals surface area contributed by atoms with Gasteiger partial charge in [0.2, 0.25) is 0 Å². The molecule has 0 radical (unpaired) electrons. The number of nitrogens with zero attached hydrogens (tertiary/aromatic N) is 1. The first-order chi connectivity index (χ1) is 5.38. The molecule has 0 atom stereocenters. The van der Waals surface area contributed by atoms with Gasteiger partial charge in [0, 0.05) is 0 Å². The fraction of sp³-hybridized carbons (Fsp3) is 0. The predicted octanol–water partition coefficient (Wildman–Crippen LogP) is 2.14. The molecule has 0 saturated carbocycles. The Morgan fingerprint density at radius 1 is 1.45 bits per heavy atom. The summed E-state index contributed by atoms with van der Waals surface area (Å²) in [7, 11) is -0.442. The van der Waals surface area contributed by atoms with E-state index in [4.69, 9.17) is 5.26 Å². The Hall–Kier alpha value is -1.39. The zero-order valence-corrected chi connectivity index (χ0v) is 6.41. The smallest absolute Gasteiger partial charge is 0.395 e. The summed E-state index contributed by atoms with van der Waals surface area (Å²) in [6, 6.07) is 8.52. The van der Waals surface area contributed by atoms with E-state index in [1.54, 1.807) is 24.3 Å². The van der Waals surface area contributed by atoms with Gasteiger partial charge in [-0.2, -0.15) is 5.26 Å². The number of para-hydroxylation sites is 1. The van der Waals surface area contributed by atoms with Gasteiger partial charge in [0.25, 0.3) is 0 Å². The molecule has 0 spiro atoms. The van der Waals surface area contributed by atoms with Crippen LogP contribution in [0.1, 0.15) is 5.56 Å². The summed E-state index contributed by atoms with van der Waals surface area (Å²) in [6.07, 6.45) is 0. The van der Waals surface area contributed by atoms with Crippen LogP contribution in [0, 0.1) is 11.3 Å². The Labute approximate surface area is 65.5 Å². The second-order valence-electron chi connectivity index (χ2n) is 1.77. The topological polar surface area (TPSA) is 50.1 Å². The Morgan fingerprint density at radius 2 is 2.18 bits per heavy atom. The van der Waals surface area contributed by atoms with Crippen LogP contribution in [0.2, 0.25) is 0 Å². The van der Waals surface area contributed by atoms with E-state index in [9.17, 15) is 4.57 Å². The first-order valence-corrected chi connectivity index (χ1v) is 3.60. The molecule has 54 valence electrons. The Balaban J connectivity index is 3.04. The van der Waals surface area contributed by atoms with Crippen LogP contribution in [0.15, 0.2) is 24.3 Å². The average Bonchev–Trinajstić information content (AvgIpc) is 2.06. The molecule has 0 unspecified atom stereocenters. The average molecular weight is 165 g/mol. The highest BCUT2D eigenvalue weighted by molar-refractivity contribution is 7.17. The molecule has 0 aliphatic heterocycles. The highest BCUT2D eigenvalue weighted by Crippen LogP contribution is 2.19. The van der Waals surface area contributed by atoms with E-state index in [1.807, 2.05) is 6.07 Å². The molecular formula is C7H4NO2P. The highest BCUT2D eigenvalue weighted by Gasteiger charge is 1.99. The van der Waals surface area contributed by atoms with Crippen molar-refractivity contribution in [2.24, 2.45) is 0 Å². The molecule has 11 heavy (non-hydrogen) atoms. The molecule has 0 fully saturated rings. The molecule has 0 bridgehead atoms. The molecule has 0 amide bonds. The van der Waals surface area contributed by atoms with Crippen molar-refractivity contribution in [3.05, 3.63) is 29.8 Å². The monoisotopic (exact) mass is 165 g/mol. The van der Waals surface area contributed by atoms with Gasteiger partial charge in [-0.3, -0.25) is 0 Å². The van der Waals surface area contributed by atoms with Crippen LogP contribution < -0.4 is 4.52 Å². The van der Waals surface area contributed by atoms with Gasteiger partial charge in [-0.1, -0.05) is 12.1 Å². The van der Waals surface area contributed by atoms with Gasteiger partial charge in [-0.25, -0.2) is 4.57 Å². The lowest BCUT2D eigenvalue weighted by atomic mass is 10.2. The number of hydrogen-bond acceptors (Lipinski definition) is 3. The number of nitriles is 1. The lowest BCUT2D eigenvalue weighted by Gasteiger charge is -1.95. The van der Waals surface area contributed by atoms with E-state index in [-0.39, 0.29) is 0 Å². The summed E-state index contributed by atoms with van der Waals surface area (Å²) in [5.74, 6) is 0.340. The van der Waals surface area contributed by atoms with Crippen molar-refractivity contribution < 1.29 is 9.09 Å². The van der Waals surface area contributed by atoms with Crippen molar-refractivity contribution in [2.45, 2.75) is 0 Å². The fourth-order valence-corrected chi connectivity index (χ4v) is 0.918. The summed E-state index contributed by atoms with van der Waals surface area (Å²) in [5.41, 5.74) is 0.385. The molecule has 3 nitrogen and oxygen atoms in total. The van der Waals surface area contributed by atoms with Crippen molar-refractivity contribution in [3.63, 3.8) is 0 Å². The lowest BCUT2D eigenvalue weighted by Crippen LogP contribution is -1.80. The summed E-state index contributed by atoms with van der Waals surface area (Å²) < 4.78 is 14.6. The third-order valence-corrected chi connectivity index (χ3v) is 1.41. The first kappa shape index (κ1) is 7.71. The molecule has 0 saturated heterocycles. The third-order valence-electron chi connectivity index (χ3n) is 1.14. The summed E-state index contributed by atoms with van der Waals surface area (Å²) >= 11 is 0. The molecule has 0 N–H and O–H groups in total. The van der Waals surface area contributed by atoms with Crippen LogP contribution in [-0.4, -0.2) is 0 Å². The van der Waals surface area contributed by atoms with Crippen LogP contribution in [-0.2, 0) is 4.57 Å². The van der Waals surface area contributed by atoms with Gasteiger partial charge < -0.3 is 4.52 Å². The minimum atomic E-state index is -0.442. The molecule has 0 heterocycles. The van der Waals surface area contributed by atoms with Crippen molar-refractivity contribution in [2.75, 3.05) is 0 Å². The Bertz CT molecular complexity index is 306. The minimum Gasteiger partial charge on any atom is -0.406 e. The van der Waals surface area contributed by atoms with Gasteiger partial charge >= 0.3 is 8.69 Å². The molecule has 0 aromatic heterocycles. The van der Waals surface area contributed by atoms with E-state index in [2.05, 4.69) is 4.52 Å². The highest BCUT2D eigenvalue weighted by atomic mass is 31.1. The minimum absolute atomic E-state index is 0.340. The van der Waals surface area contributed by atoms with Gasteiger partial charge in [0.05, 0.1) is 5.56 Å². The van der Waals surface area contributed by atoms with Crippen LogP contribution in [0.4, 0.5) is 0 Å². The number of rotatable bonds is 2. The van der Waals surface area contributed by atoms with E-state index in [0.29, 0.717) is 11.3 Å². The molecule has 0 aliphatic rings. The second-order valence-corrected chi connectivity index (χ2v) is 2.11. The van der Waals surface area contributed by atoms with E-state index >= 15 is 0 Å². The molecule has 1 aromatic carbocycles. The molecule has 4 heteroatoms. The second kappa shape index (κ2) is 3.70. The van der Waals surface area contributed by atoms with Crippen molar-refractivity contribution >= 4 is 8.69 Å². The maximum Gasteiger partial charge on any atom is 0.395 e. The third kappa shape index (κ3) is 1.76. The largest absolute Gasteiger partial charge is 0.406 e. The van der Waals surface area contributed by atoms with Crippen molar-refractivity contribution in [1.82, 2.24) is 0 Å². The van der Waals surface area contributed by atoms with Gasteiger partial charge in [-0.15, -0.1) is 0 Å². The quantitative estimate of drug-likeness (QED) is 0.630. The maximum atomic E-state index is 10.0. The summed E-state index contributed by atoms with van der Waals surface area (Å²) in [6.45, 7) is 0. The predicted molar refractivity (Wildman–Crippen MR) is 39.4 cm³/mol. The number of benzene rings is 1. The van der Waals surface area contributed by atoms with E-state index in [0.717, 1.165) is 0 Å². The van der Waals surface area contributed by atoms with E-state index < -0.39 is 8.69 Å². The SMILES string of the molecule is N#Cc1ccccc1OP=O. The molecule has 0 aliphatic carbocycles. The van der Waals surface area contributed by atoms with Crippen LogP contribution >= 0.6 is 8.69 Å². The van der Waals surface area contributed by atoms with Crippen molar-refractivity contribution in [3.8, 4) is 11.8 Å². The van der Waals surface area contributed by atoms with Gasteiger partial charge in [-0.05, 0) is 12.1 Å². The molecular weight excluding hydrogens is 161 g/mol. The maximum absolute atomic E-state index is 10.0. The Kier molecular flexibility index (Phi) is 2.59. The van der Waals surface area contributed by atoms with Crippen LogP contribution in [0.5, 0.6) is 5.75 Å².